The van der Waals surface area contributed by atoms with Gasteiger partial charge in [0.2, 0.25) is 8.32 Å². The molecule has 0 spiro atoms. The van der Waals surface area contributed by atoms with E-state index in [-0.39, 0.29) is 5.04 Å². The van der Waals surface area contributed by atoms with Gasteiger partial charge in [0.25, 0.3) is 0 Å². The lowest BCUT2D eigenvalue weighted by Crippen LogP contribution is -2.45. The first kappa shape index (κ1) is 27.8. The van der Waals surface area contributed by atoms with E-state index in [1.807, 2.05) is 13.0 Å². The van der Waals surface area contributed by atoms with Gasteiger partial charge in [-0.1, -0.05) is 89.3 Å². The van der Waals surface area contributed by atoms with E-state index >= 15 is 0 Å². The molecule has 0 radical (unpaired) electrons. The minimum Gasteiger partial charge on any atom is -0.393 e. The average molecular weight is 447 g/mol. The number of aliphatic hydroxyl groups is 1. The fraction of sp³-hybridized carbons (Fsp3) is 0.630. The lowest BCUT2D eigenvalue weighted by Gasteiger charge is -2.39. The molecule has 1 aromatic carbocycles. The van der Waals surface area contributed by atoms with Crippen molar-refractivity contribution in [2.24, 2.45) is 11.8 Å². The summed E-state index contributed by atoms with van der Waals surface area (Å²) in [7, 11) is -2.02. The van der Waals surface area contributed by atoms with Crippen molar-refractivity contribution in [3.05, 3.63) is 54.1 Å². The zero-order chi connectivity index (χ0) is 23.7. The Morgan fingerprint density at radius 1 is 0.935 bits per heavy atom. The summed E-state index contributed by atoms with van der Waals surface area (Å²) < 4.78 is 6.07. The third kappa shape index (κ3) is 10.8. The largest absolute Gasteiger partial charge is 0.393 e. The summed E-state index contributed by atoms with van der Waals surface area (Å²) >= 11 is 0. The van der Waals surface area contributed by atoms with E-state index in [0.717, 1.165) is 12.8 Å². The first-order valence-corrected chi connectivity index (χ1v) is 14.6. The van der Waals surface area contributed by atoms with Crippen molar-refractivity contribution in [2.75, 3.05) is 0 Å². The Kier molecular flexibility index (Phi) is 10.9. The molecular formula is C27H46O3Si. The van der Waals surface area contributed by atoms with Gasteiger partial charge < -0.3 is 5.11 Å². The number of rotatable bonds is 12. The van der Waals surface area contributed by atoms with Crippen molar-refractivity contribution in [2.45, 2.75) is 97.6 Å². The third-order valence-corrected chi connectivity index (χ3v) is 10.2. The molecule has 4 atom stereocenters. The van der Waals surface area contributed by atoms with E-state index in [9.17, 15) is 5.11 Å². The predicted octanol–water partition coefficient (Wildman–Crippen LogP) is 7.79. The minimum absolute atomic E-state index is 0.0770. The van der Waals surface area contributed by atoms with Gasteiger partial charge in [-0.3, -0.25) is 4.58 Å². The highest BCUT2D eigenvalue weighted by atomic mass is 28.4. The Hall–Kier alpha value is -1.20. The van der Waals surface area contributed by atoms with Crippen LogP contribution in [-0.2, 0) is 9.46 Å². The maximum absolute atomic E-state index is 10.0. The maximum atomic E-state index is 10.0. The fourth-order valence-electron chi connectivity index (χ4n) is 3.30. The van der Waals surface area contributed by atoms with Crippen LogP contribution in [0.4, 0.5) is 0 Å². The van der Waals surface area contributed by atoms with Crippen LogP contribution in [-0.4, -0.2) is 25.1 Å². The standard InChI is InChI=1S/C27H46O3Si/c1-22(18-19-25-16-11-10-12-17-25)14-13-15-23(2)20-27(7,21-24(3)28)29-30-31(8,9)26(4,5)6/h10-13,15-19,22-24,28H,14,20-21H2,1-9H3/b15-13+,19-18+/t22-,23-,24?,27?/m0/s1. The van der Waals surface area contributed by atoms with Crippen LogP contribution in [0.2, 0.25) is 18.1 Å². The van der Waals surface area contributed by atoms with Gasteiger partial charge in [0.15, 0.2) is 0 Å². The van der Waals surface area contributed by atoms with Crippen LogP contribution in [0.5, 0.6) is 0 Å². The summed E-state index contributed by atoms with van der Waals surface area (Å²) in [5.74, 6) is 0.808. The highest BCUT2D eigenvalue weighted by Gasteiger charge is 2.41. The molecule has 0 aliphatic carbocycles. The molecule has 2 unspecified atom stereocenters. The van der Waals surface area contributed by atoms with E-state index in [1.54, 1.807) is 0 Å². The monoisotopic (exact) mass is 446 g/mol. The van der Waals surface area contributed by atoms with E-state index in [1.165, 1.54) is 5.56 Å². The number of aliphatic hydroxyl groups excluding tert-OH is 1. The summed E-state index contributed by atoms with van der Waals surface area (Å²) in [5, 5.41) is 10.1. The van der Waals surface area contributed by atoms with Crippen LogP contribution in [0, 0.1) is 11.8 Å². The third-order valence-electron chi connectivity index (χ3n) is 6.13. The Bertz CT molecular complexity index is 688. The van der Waals surface area contributed by atoms with Gasteiger partial charge in [0.05, 0.1) is 6.10 Å². The normalized spacial score (nSPS) is 18.3. The van der Waals surface area contributed by atoms with Gasteiger partial charge in [0, 0.05) is 6.42 Å². The summed E-state index contributed by atoms with van der Waals surface area (Å²) in [6.07, 6.45) is 10.9. The van der Waals surface area contributed by atoms with Crippen molar-refractivity contribution >= 4 is 14.4 Å². The molecule has 0 saturated heterocycles. The molecule has 176 valence electrons. The van der Waals surface area contributed by atoms with Crippen molar-refractivity contribution < 1.29 is 14.6 Å². The topological polar surface area (TPSA) is 38.7 Å². The lowest BCUT2D eigenvalue weighted by molar-refractivity contribution is -0.307. The number of hydrogen-bond acceptors (Lipinski definition) is 3. The summed E-state index contributed by atoms with van der Waals surface area (Å²) in [6, 6.07) is 10.4. The second-order valence-electron chi connectivity index (χ2n) is 11.0. The second-order valence-corrected chi connectivity index (χ2v) is 15.7. The second kappa shape index (κ2) is 12.1. The maximum Gasteiger partial charge on any atom is 0.238 e. The predicted molar refractivity (Wildman–Crippen MR) is 136 cm³/mol. The molecule has 4 heteroatoms. The van der Waals surface area contributed by atoms with Gasteiger partial charge >= 0.3 is 0 Å². The molecule has 0 bridgehead atoms. The highest BCUT2D eigenvalue weighted by Crippen LogP contribution is 2.38. The Morgan fingerprint density at radius 3 is 2.10 bits per heavy atom. The molecule has 1 rings (SSSR count). The van der Waals surface area contributed by atoms with E-state index in [0.29, 0.717) is 18.3 Å². The molecule has 1 N–H and O–H groups in total. The average Bonchev–Trinajstić information content (AvgIpc) is 2.64. The molecule has 0 heterocycles. The van der Waals surface area contributed by atoms with Crippen molar-refractivity contribution in [1.29, 1.82) is 0 Å². The Balaban J connectivity index is 2.65. The molecule has 0 aliphatic rings. The SMILES string of the molecule is CC(O)CC(C)(C[C@@H](C)/C=C/C[C@H](C)/C=C/c1ccccc1)OO[Si](C)(C)C(C)(C)C. The van der Waals surface area contributed by atoms with Gasteiger partial charge in [0.1, 0.15) is 5.60 Å². The van der Waals surface area contributed by atoms with E-state index < -0.39 is 20.0 Å². The van der Waals surface area contributed by atoms with Crippen LogP contribution >= 0.6 is 0 Å². The molecule has 1 aromatic rings. The molecule has 0 amide bonds. The first-order chi connectivity index (χ1) is 14.2. The smallest absolute Gasteiger partial charge is 0.238 e. The summed E-state index contributed by atoms with van der Waals surface area (Å²) in [5.41, 5.74) is 0.714. The number of allylic oxidation sites excluding steroid dienone is 3. The fourth-order valence-corrected chi connectivity index (χ4v) is 3.96. The van der Waals surface area contributed by atoms with Gasteiger partial charge in [-0.15, -0.1) is 0 Å². The van der Waals surface area contributed by atoms with E-state index in [2.05, 4.69) is 103 Å². The van der Waals surface area contributed by atoms with Crippen LogP contribution in [0.25, 0.3) is 6.08 Å². The molecule has 31 heavy (non-hydrogen) atoms. The summed E-state index contributed by atoms with van der Waals surface area (Å²) in [4.78, 5) is 6.07. The molecule has 0 aliphatic heterocycles. The number of benzene rings is 1. The van der Waals surface area contributed by atoms with Crippen LogP contribution in [0.15, 0.2) is 48.6 Å². The Morgan fingerprint density at radius 2 is 1.55 bits per heavy atom. The van der Waals surface area contributed by atoms with Crippen molar-refractivity contribution in [3.8, 4) is 0 Å². The lowest BCUT2D eigenvalue weighted by atomic mass is 9.88. The quantitative estimate of drug-likeness (QED) is 0.154. The van der Waals surface area contributed by atoms with Gasteiger partial charge in [-0.25, -0.2) is 4.89 Å². The van der Waals surface area contributed by atoms with Gasteiger partial charge in [-0.05, 0) is 62.2 Å². The molecule has 0 aromatic heterocycles. The first-order valence-electron chi connectivity index (χ1n) is 11.7. The Labute approximate surface area is 192 Å². The van der Waals surface area contributed by atoms with Gasteiger partial charge in [-0.2, -0.15) is 0 Å². The van der Waals surface area contributed by atoms with Crippen LogP contribution in [0.1, 0.15) is 73.3 Å². The molecule has 3 nitrogen and oxygen atoms in total. The summed E-state index contributed by atoms with van der Waals surface area (Å²) in [6.45, 7) is 19.3. The highest BCUT2D eigenvalue weighted by molar-refractivity contribution is 6.73. The zero-order valence-corrected chi connectivity index (χ0v) is 22.3. The number of hydrogen-bond donors (Lipinski definition) is 1. The van der Waals surface area contributed by atoms with Crippen molar-refractivity contribution in [1.82, 2.24) is 0 Å². The van der Waals surface area contributed by atoms with Crippen molar-refractivity contribution in [3.63, 3.8) is 0 Å². The van der Waals surface area contributed by atoms with E-state index in [4.69, 9.17) is 9.46 Å². The van der Waals surface area contributed by atoms with Crippen LogP contribution < -0.4 is 0 Å². The van der Waals surface area contributed by atoms with Crippen LogP contribution in [0.3, 0.4) is 0 Å². The minimum atomic E-state index is -2.02. The zero-order valence-electron chi connectivity index (χ0n) is 21.3. The molecular weight excluding hydrogens is 400 g/mol. The molecule has 0 saturated carbocycles. The molecule has 0 fully saturated rings.